The summed E-state index contributed by atoms with van der Waals surface area (Å²) in [6.45, 7) is 13.6. The molecule has 0 spiro atoms. The fourth-order valence-corrected chi connectivity index (χ4v) is 8.35. The lowest BCUT2D eigenvalue weighted by molar-refractivity contribution is 0.590. The van der Waals surface area contributed by atoms with Gasteiger partial charge in [0.15, 0.2) is 0 Å². The summed E-state index contributed by atoms with van der Waals surface area (Å²) in [5.41, 5.74) is 16.6. The average molecular weight is 833 g/mol. The Hall–Kier alpha value is -4.90. The first-order valence-corrected chi connectivity index (χ1v) is 20.2. The van der Waals surface area contributed by atoms with Crippen LogP contribution in [0.25, 0.3) is 67.2 Å². The number of rotatable bonds is 6. The van der Waals surface area contributed by atoms with E-state index >= 15 is 0 Å². The normalized spacial score (nSPS) is 12.1. The Bertz CT molecular complexity index is 2440. The molecule has 0 aliphatic heterocycles. The van der Waals surface area contributed by atoms with Crippen molar-refractivity contribution in [3.05, 3.63) is 178 Å². The van der Waals surface area contributed by atoms with Crippen LogP contribution in [0.15, 0.2) is 167 Å². The van der Waals surface area contributed by atoms with Crippen molar-refractivity contribution in [3.63, 3.8) is 0 Å². The maximum absolute atomic E-state index is 3.73. The van der Waals surface area contributed by atoms with E-state index in [-0.39, 0.29) is 10.8 Å². The van der Waals surface area contributed by atoms with Gasteiger partial charge in [0.2, 0.25) is 0 Å². The second kappa shape index (κ2) is 14.1. The van der Waals surface area contributed by atoms with Crippen LogP contribution in [0.5, 0.6) is 0 Å². The van der Waals surface area contributed by atoms with Gasteiger partial charge in [-0.3, -0.25) is 0 Å². The summed E-state index contributed by atoms with van der Waals surface area (Å²) in [4.78, 5) is 0. The van der Waals surface area contributed by atoms with Crippen LogP contribution in [-0.4, -0.2) is 9.13 Å². The summed E-state index contributed by atoms with van der Waals surface area (Å²) < 4.78 is 7.05. The zero-order chi connectivity index (χ0) is 37.8. The summed E-state index contributed by atoms with van der Waals surface area (Å²) in [5.74, 6) is 0. The number of benzene rings is 6. The predicted octanol–water partition coefficient (Wildman–Crippen LogP) is 15.2. The number of halogens is 2. The number of nitrogens with zero attached hydrogens (tertiary/aromatic N) is 2. The lowest BCUT2D eigenvalue weighted by Gasteiger charge is -2.20. The van der Waals surface area contributed by atoms with Gasteiger partial charge in [0, 0.05) is 31.4 Å². The van der Waals surface area contributed by atoms with Crippen LogP contribution < -0.4 is 0 Å². The molecule has 0 radical (unpaired) electrons. The highest BCUT2D eigenvalue weighted by atomic mass is 79.9. The summed E-state index contributed by atoms with van der Waals surface area (Å²) in [6, 6.07) is 57.9. The van der Waals surface area contributed by atoms with Gasteiger partial charge in [-0.25, -0.2) is 0 Å². The molecule has 8 rings (SSSR count). The molecule has 0 N–H and O–H groups in total. The van der Waals surface area contributed by atoms with Crippen molar-refractivity contribution in [2.24, 2.45) is 0 Å². The predicted molar refractivity (Wildman–Crippen MR) is 237 cm³/mol. The van der Waals surface area contributed by atoms with E-state index in [2.05, 4.69) is 240 Å². The summed E-state index contributed by atoms with van der Waals surface area (Å²) in [7, 11) is 0. The van der Waals surface area contributed by atoms with E-state index in [0.29, 0.717) is 0 Å². The zero-order valence-corrected chi connectivity index (χ0v) is 34.8. The van der Waals surface area contributed by atoms with Gasteiger partial charge in [-0.1, -0.05) is 170 Å². The Morgan fingerprint density at radius 1 is 0.370 bits per heavy atom. The smallest absolute Gasteiger partial charge is 0.0724 e. The maximum atomic E-state index is 3.73. The van der Waals surface area contributed by atoms with Crippen molar-refractivity contribution >= 4 is 42.9 Å². The van der Waals surface area contributed by atoms with Gasteiger partial charge in [0.1, 0.15) is 0 Å². The molecule has 8 aromatic rings. The molecular formula is C50H44Br2N2. The van der Waals surface area contributed by atoms with Gasteiger partial charge < -0.3 is 9.13 Å². The molecule has 0 fully saturated rings. The van der Waals surface area contributed by atoms with Gasteiger partial charge in [-0.15, -0.1) is 0 Å². The van der Waals surface area contributed by atoms with E-state index in [9.17, 15) is 0 Å². The molecule has 54 heavy (non-hydrogen) atoms. The number of hydrogen-bond donors (Lipinski definition) is 0. The highest BCUT2D eigenvalue weighted by Crippen LogP contribution is 2.44. The van der Waals surface area contributed by atoms with Crippen molar-refractivity contribution in [2.75, 3.05) is 0 Å². The molecule has 0 unspecified atom stereocenters. The second-order valence-electron chi connectivity index (χ2n) is 16.2. The van der Waals surface area contributed by atoms with E-state index < -0.39 is 0 Å². The molecule has 0 atom stereocenters. The van der Waals surface area contributed by atoms with Crippen LogP contribution in [0.3, 0.4) is 0 Å². The van der Waals surface area contributed by atoms with E-state index in [4.69, 9.17) is 0 Å². The van der Waals surface area contributed by atoms with Gasteiger partial charge >= 0.3 is 0 Å². The van der Waals surface area contributed by atoms with E-state index in [1.807, 2.05) is 0 Å². The Morgan fingerprint density at radius 3 is 1.06 bits per heavy atom. The highest BCUT2D eigenvalue weighted by Gasteiger charge is 2.25. The van der Waals surface area contributed by atoms with Crippen LogP contribution in [0.1, 0.15) is 52.7 Å². The van der Waals surface area contributed by atoms with E-state index in [1.54, 1.807) is 0 Å². The maximum Gasteiger partial charge on any atom is 0.0724 e. The quantitative estimate of drug-likeness (QED) is 0.158. The van der Waals surface area contributed by atoms with E-state index in [1.165, 1.54) is 44.5 Å². The minimum atomic E-state index is 0.0481. The summed E-state index contributed by atoms with van der Waals surface area (Å²) >= 11 is 7.47. The van der Waals surface area contributed by atoms with Crippen molar-refractivity contribution in [2.45, 2.75) is 52.4 Å². The number of fused-ring (bicyclic) bond motifs is 1. The highest BCUT2D eigenvalue weighted by molar-refractivity contribution is 9.10. The molecule has 2 nitrogen and oxygen atoms in total. The third-order valence-electron chi connectivity index (χ3n) is 10.4. The van der Waals surface area contributed by atoms with Gasteiger partial charge in [-0.2, -0.15) is 0 Å². The second-order valence-corrected chi connectivity index (χ2v) is 18.0. The van der Waals surface area contributed by atoms with Crippen molar-refractivity contribution in [3.8, 4) is 56.1 Å². The fourth-order valence-electron chi connectivity index (χ4n) is 7.56. The standard InChI is InChI=1S/C50H44Br2N2/c1-49(2,3)35-21-25-39(26-22-35)53-45(43-19-9-7-17-41(43)33-13-11-15-37(51)29-33)31-48-47(53)32-46(54(48)40-27-23-36(24-28-40)50(4,5)6)44-20-10-8-18-42(44)34-14-12-16-38(52)30-34/h7-32H,1-6H3. The summed E-state index contributed by atoms with van der Waals surface area (Å²) in [5, 5.41) is 0. The van der Waals surface area contributed by atoms with Crippen molar-refractivity contribution in [1.82, 2.24) is 9.13 Å². The minimum absolute atomic E-state index is 0.0481. The first-order valence-electron chi connectivity index (χ1n) is 18.6. The van der Waals surface area contributed by atoms with Gasteiger partial charge in [0.25, 0.3) is 0 Å². The first-order chi connectivity index (χ1) is 25.9. The van der Waals surface area contributed by atoms with Crippen LogP contribution in [0.4, 0.5) is 0 Å². The largest absolute Gasteiger partial charge is 0.308 e. The zero-order valence-electron chi connectivity index (χ0n) is 31.7. The summed E-state index contributed by atoms with van der Waals surface area (Å²) in [6.07, 6.45) is 0. The Labute approximate surface area is 336 Å². The first kappa shape index (κ1) is 36.1. The monoisotopic (exact) mass is 830 g/mol. The van der Waals surface area contributed by atoms with Crippen molar-refractivity contribution < 1.29 is 0 Å². The van der Waals surface area contributed by atoms with Gasteiger partial charge in [0.05, 0.1) is 22.4 Å². The topological polar surface area (TPSA) is 9.86 Å². The Balaban J connectivity index is 1.46. The molecule has 0 bridgehead atoms. The molecule has 268 valence electrons. The molecule has 2 heterocycles. The van der Waals surface area contributed by atoms with Gasteiger partial charge in [-0.05, 0) is 105 Å². The molecule has 0 aliphatic rings. The molecule has 6 aromatic carbocycles. The third kappa shape index (κ3) is 6.83. The fraction of sp³-hybridized carbons (Fsp3) is 0.160. The Kier molecular flexibility index (Phi) is 9.40. The van der Waals surface area contributed by atoms with Crippen LogP contribution in [-0.2, 0) is 10.8 Å². The molecular weight excluding hydrogens is 788 g/mol. The molecule has 0 saturated carbocycles. The number of aromatic nitrogens is 2. The Morgan fingerprint density at radius 2 is 0.722 bits per heavy atom. The minimum Gasteiger partial charge on any atom is -0.308 e. The molecule has 0 amide bonds. The molecule has 0 aliphatic carbocycles. The lowest BCUT2D eigenvalue weighted by Crippen LogP contribution is -2.11. The lowest BCUT2D eigenvalue weighted by atomic mass is 9.87. The number of hydrogen-bond acceptors (Lipinski definition) is 0. The van der Waals surface area contributed by atoms with E-state index in [0.717, 1.165) is 42.7 Å². The average Bonchev–Trinajstić information content (AvgIpc) is 3.71. The molecule has 0 saturated heterocycles. The van der Waals surface area contributed by atoms with Crippen molar-refractivity contribution in [1.29, 1.82) is 0 Å². The molecule has 4 heteroatoms. The molecule has 2 aromatic heterocycles. The third-order valence-corrected chi connectivity index (χ3v) is 11.4. The van der Waals surface area contributed by atoms with Crippen LogP contribution in [0, 0.1) is 0 Å². The van der Waals surface area contributed by atoms with Crippen LogP contribution >= 0.6 is 31.9 Å². The van der Waals surface area contributed by atoms with Crippen LogP contribution in [0.2, 0.25) is 0 Å². The SMILES string of the molecule is CC(C)(C)c1ccc(-n2c(-c3ccccc3-c3cccc(Br)c3)cc3c2cc(-c2ccccc2-c2cccc(Br)c2)n3-c2ccc(C(C)(C)C)cc2)cc1.